The number of methoxy groups -OCH3 is 1. The number of benzene rings is 2. The summed E-state index contributed by atoms with van der Waals surface area (Å²) in [4.78, 5) is 4.68. The van der Waals surface area contributed by atoms with Gasteiger partial charge in [-0.2, -0.15) is 0 Å². The van der Waals surface area contributed by atoms with E-state index in [0.29, 0.717) is 0 Å². The van der Waals surface area contributed by atoms with Crippen LogP contribution < -0.4 is 10.5 Å². The van der Waals surface area contributed by atoms with Gasteiger partial charge in [0.05, 0.1) is 22.6 Å². The number of nitrogens with zero attached hydrogens (tertiary/aromatic N) is 2. The van der Waals surface area contributed by atoms with Crippen LogP contribution in [0.4, 0.5) is 5.69 Å². The standard InChI is InChI=1S/C16H16BrN3O/c1-3-16-19-13-8-10(18)4-6-14(13)20(16)11-5-7-15(21-2)12(17)9-11/h4-9H,3,18H2,1-2H3. The molecule has 4 nitrogen and oxygen atoms in total. The minimum absolute atomic E-state index is 0.728. The van der Waals surface area contributed by atoms with E-state index in [-0.39, 0.29) is 0 Å². The van der Waals surface area contributed by atoms with Crippen molar-refractivity contribution in [2.75, 3.05) is 12.8 Å². The number of ether oxygens (including phenoxy) is 1. The second kappa shape index (κ2) is 5.41. The van der Waals surface area contributed by atoms with Crippen molar-refractivity contribution >= 4 is 32.7 Å². The highest BCUT2D eigenvalue weighted by Gasteiger charge is 2.12. The van der Waals surface area contributed by atoms with E-state index in [0.717, 1.165) is 44.9 Å². The summed E-state index contributed by atoms with van der Waals surface area (Å²) in [6.07, 6.45) is 0.845. The Labute approximate surface area is 131 Å². The monoisotopic (exact) mass is 345 g/mol. The highest BCUT2D eigenvalue weighted by molar-refractivity contribution is 9.10. The maximum atomic E-state index is 5.85. The fraction of sp³-hybridized carbons (Fsp3) is 0.188. The first-order chi connectivity index (χ1) is 10.1. The van der Waals surface area contributed by atoms with Crippen molar-refractivity contribution in [2.24, 2.45) is 0 Å². The second-order valence-electron chi connectivity index (χ2n) is 4.78. The summed E-state index contributed by atoms with van der Waals surface area (Å²) in [5.41, 5.74) is 9.60. The molecule has 0 aliphatic heterocycles. The van der Waals surface area contributed by atoms with E-state index < -0.39 is 0 Å². The maximum absolute atomic E-state index is 5.85. The van der Waals surface area contributed by atoms with Crippen LogP contribution in [-0.2, 0) is 6.42 Å². The van der Waals surface area contributed by atoms with E-state index >= 15 is 0 Å². The molecule has 3 rings (SSSR count). The Balaban J connectivity index is 2.25. The summed E-state index contributed by atoms with van der Waals surface area (Å²) in [6, 6.07) is 11.8. The number of nitrogen functional groups attached to an aromatic ring is 1. The van der Waals surface area contributed by atoms with Gasteiger partial charge in [0.1, 0.15) is 11.6 Å². The first kappa shape index (κ1) is 13.9. The molecule has 0 aliphatic carbocycles. The van der Waals surface area contributed by atoms with Gasteiger partial charge in [0.15, 0.2) is 0 Å². The highest BCUT2D eigenvalue weighted by Crippen LogP contribution is 2.30. The Kier molecular flexibility index (Phi) is 3.59. The van der Waals surface area contributed by atoms with Gasteiger partial charge in [0, 0.05) is 17.8 Å². The predicted octanol–water partition coefficient (Wildman–Crippen LogP) is 3.94. The van der Waals surface area contributed by atoms with Crippen LogP contribution in [0.5, 0.6) is 5.75 Å². The number of hydrogen-bond acceptors (Lipinski definition) is 3. The Morgan fingerprint density at radius 2 is 2.05 bits per heavy atom. The lowest BCUT2D eigenvalue weighted by molar-refractivity contribution is 0.412. The fourth-order valence-electron chi connectivity index (χ4n) is 2.47. The van der Waals surface area contributed by atoms with E-state index in [1.807, 2.05) is 36.4 Å². The van der Waals surface area contributed by atoms with Gasteiger partial charge in [-0.25, -0.2) is 4.98 Å². The van der Waals surface area contributed by atoms with Crippen LogP contribution in [0.2, 0.25) is 0 Å². The van der Waals surface area contributed by atoms with Crippen LogP contribution in [0.1, 0.15) is 12.7 Å². The summed E-state index contributed by atoms with van der Waals surface area (Å²) >= 11 is 3.54. The van der Waals surface area contributed by atoms with Crippen molar-refractivity contribution in [1.29, 1.82) is 0 Å². The van der Waals surface area contributed by atoms with Crippen LogP contribution in [-0.4, -0.2) is 16.7 Å². The number of anilines is 1. The molecule has 0 saturated heterocycles. The van der Waals surface area contributed by atoms with E-state index in [2.05, 4.69) is 32.4 Å². The van der Waals surface area contributed by atoms with Crippen LogP contribution in [0, 0.1) is 0 Å². The van der Waals surface area contributed by atoms with Gasteiger partial charge in [-0.15, -0.1) is 0 Å². The largest absolute Gasteiger partial charge is 0.496 e. The first-order valence-corrected chi connectivity index (χ1v) is 7.54. The lowest BCUT2D eigenvalue weighted by atomic mass is 10.2. The van der Waals surface area contributed by atoms with Crippen molar-refractivity contribution in [3.63, 3.8) is 0 Å². The van der Waals surface area contributed by atoms with Gasteiger partial charge in [0.2, 0.25) is 0 Å². The molecular formula is C16H16BrN3O. The molecule has 5 heteroatoms. The zero-order chi connectivity index (χ0) is 15.0. The summed E-state index contributed by atoms with van der Waals surface area (Å²) in [7, 11) is 1.66. The minimum atomic E-state index is 0.728. The minimum Gasteiger partial charge on any atom is -0.496 e. The van der Waals surface area contributed by atoms with Gasteiger partial charge < -0.3 is 10.5 Å². The van der Waals surface area contributed by atoms with Crippen molar-refractivity contribution in [3.8, 4) is 11.4 Å². The molecule has 0 bridgehead atoms. The number of hydrogen-bond donors (Lipinski definition) is 1. The highest BCUT2D eigenvalue weighted by atomic mass is 79.9. The van der Waals surface area contributed by atoms with Crippen molar-refractivity contribution in [2.45, 2.75) is 13.3 Å². The average molecular weight is 346 g/mol. The number of aromatic nitrogens is 2. The van der Waals surface area contributed by atoms with Gasteiger partial charge in [-0.1, -0.05) is 6.92 Å². The topological polar surface area (TPSA) is 53.1 Å². The molecule has 108 valence electrons. The zero-order valence-electron chi connectivity index (χ0n) is 11.9. The lowest BCUT2D eigenvalue weighted by Gasteiger charge is -2.11. The summed E-state index contributed by atoms with van der Waals surface area (Å²) in [5, 5.41) is 0. The first-order valence-electron chi connectivity index (χ1n) is 6.74. The fourth-order valence-corrected chi connectivity index (χ4v) is 3.00. The third kappa shape index (κ3) is 2.38. The van der Waals surface area contributed by atoms with Gasteiger partial charge >= 0.3 is 0 Å². The van der Waals surface area contributed by atoms with Crippen LogP contribution in [0.25, 0.3) is 16.7 Å². The van der Waals surface area contributed by atoms with Crippen molar-refractivity contribution < 1.29 is 4.74 Å². The molecule has 0 radical (unpaired) electrons. The Morgan fingerprint density at radius 3 is 2.71 bits per heavy atom. The number of fused-ring (bicyclic) bond motifs is 1. The zero-order valence-corrected chi connectivity index (χ0v) is 13.5. The maximum Gasteiger partial charge on any atom is 0.133 e. The van der Waals surface area contributed by atoms with Gasteiger partial charge in [0.25, 0.3) is 0 Å². The van der Waals surface area contributed by atoms with E-state index in [1.54, 1.807) is 7.11 Å². The van der Waals surface area contributed by atoms with Gasteiger partial charge in [-0.3, -0.25) is 4.57 Å². The average Bonchev–Trinajstić information content (AvgIpc) is 2.84. The number of halogens is 1. The number of nitrogens with two attached hydrogens (primary N) is 1. The third-order valence-corrected chi connectivity index (χ3v) is 4.08. The number of rotatable bonds is 3. The molecule has 0 unspecified atom stereocenters. The van der Waals surface area contributed by atoms with Crippen LogP contribution in [0.15, 0.2) is 40.9 Å². The molecule has 0 saturated carbocycles. The molecule has 1 aromatic heterocycles. The number of aryl methyl sites for hydroxylation is 1. The molecular weight excluding hydrogens is 330 g/mol. The lowest BCUT2D eigenvalue weighted by Crippen LogP contribution is -2.00. The molecule has 0 fully saturated rings. The smallest absolute Gasteiger partial charge is 0.133 e. The normalized spacial score (nSPS) is 11.0. The van der Waals surface area contributed by atoms with Crippen molar-refractivity contribution in [1.82, 2.24) is 9.55 Å². The third-order valence-electron chi connectivity index (χ3n) is 3.46. The molecule has 0 spiro atoms. The Bertz CT molecular complexity index is 811. The van der Waals surface area contributed by atoms with Crippen molar-refractivity contribution in [3.05, 3.63) is 46.7 Å². The number of imidazole rings is 1. The summed E-state index contributed by atoms with van der Waals surface area (Å²) in [5.74, 6) is 1.82. The molecule has 3 aromatic rings. The Hall–Kier alpha value is -2.01. The predicted molar refractivity (Wildman–Crippen MR) is 89.1 cm³/mol. The molecule has 0 aliphatic rings. The van der Waals surface area contributed by atoms with Crippen LogP contribution in [0.3, 0.4) is 0 Å². The molecule has 21 heavy (non-hydrogen) atoms. The summed E-state index contributed by atoms with van der Waals surface area (Å²) in [6.45, 7) is 2.10. The molecule has 2 N–H and O–H groups in total. The molecule has 2 aromatic carbocycles. The summed E-state index contributed by atoms with van der Waals surface area (Å²) < 4.78 is 8.36. The second-order valence-corrected chi connectivity index (χ2v) is 5.64. The molecule has 1 heterocycles. The van der Waals surface area contributed by atoms with Gasteiger partial charge in [-0.05, 0) is 52.3 Å². The SMILES string of the molecule is CCc1nc2cc(N)ccc2n1-c1ccc(OC)c(Br)c1. The quantitative estimate of drug-likeness (QED) is 0.731. The van der Waals surface area contributed by atoms with E-state index in [9.17, 15) is 0 Å². The Morgan fingerprint density at radius 1 is 1.24 bits per heavy atom. The van der Waals surface area contributed by atoms with Crippen LogP contribution >= 0.6 is 15.9 Å². The molecule has 0 amide bonds. The van der Waals surface area contributed by atoms with E-state index in [4.69, 9.17) is 10.5 Å². The molecule has 0 atom stereocenters. The van der Waals surface area contributed by atoms with E-state index in [1.165, 1.54) is 0 Å².